The molecule has 0 heterocycles. The van der Waals surface area contributed by atoms with Gasteiger partial charge < -0.3 is 4.57 Å². The first-order valence-corrected chi connectivity index (χ1v) is 13.1. The van der Waals surface area contributed by atoms with E-state index in [0.29, 0.717) is 0 Å². The topological polar surface area (TPSA) is 17.1 Å². The molecule has 0 saturated carbocycles. The second-order valence-electron chi connectivity index (χ2n) is 9.27. The van der Waals surface area contributed by atoms with Crippen molar-refractivity contribution in [3.63, 3.8) is 0 Å². The van der Waals surface area contributed by atoms with Gasteiger partial charge in [-0.3, -0.25) is 0 Å². The van der Waals surface area contributed by atoms with Crippen LogP contribution in [0.5, 0.6) is 0 Å². The summed E-state index contributed by atoms with van der Waals surface area (Å²) >= 11 is 0. The average Bonchev–Trinajstić information content (AvgIpc) is 2.90. The van der Waals surface area contributed by atoms with Gasteiger partial charge in [-0.05, 0) is 64.6 Å². The van der Waals surface area contributed by atoms with Crippen molar-refractivity contribution in [1.82, 2.24) is 0 Å². The van der Waals surface area contributed by atoms with E-state index < -0.39 is 7.80 Å². The maximum absolute atomic E-state index is 14.3. The van der Waals surface area contributed by atoms with Gasteiger partial charge in [0.05, 0.1) is 0 Å². The maximum Gasteiger partial charge on any atom is 0.133 e. The lowest BCUT2D eigenvalue weighted by molar-refractivity contribution is 0.598. The zero-order chi connectivity index (χ0) is 22.4. The number of rotatable bonds is 2. The van der Waals surface area contributed by atoms with Gasteiger partial charge in [0.1, 0.15) is 7.80 Å². The predicted molar refractivity (Wildman–Crippen MR) is 149 cm³/mol. The largest absolute Gasteiger partial charge is 0.317 e. The van der Waals surface area contributed by atoms with Gasteiger partial charge in [0, 0.05) is 10.6 Å². The molecule has 34 heavy (non-hydrogen) atoms. The molecule has 0 fully saturated rings. The summed E-state index contributed by atoms with van der Waals surface area (Å²) in [5.74, 6) is 0. The Kier molecular flexibility index (Phi) is 3.57. The number of hydrogen-bond acceptors (Lipinski definition) is 1. The van der Waals surface area contributed by atoms with Crippen LogP contribution in [-0.4, -0.2) is 0 Å². The Morgan fingerprint density at radius 2 is 0.676 bits per heavy atom. The van der Waals surface area contributed by atoms with Crippen LogP contribution >= 0.6 is 7.80 Å². The molecule has 0 N–H and O–H groups in total. The summed E-state index contributed by atoms with van der Waals surface area (Å²) in [6.45, 7) is 0. The first kappa shape index (κ1) is 18.5. The van der Waals surface area contributed by atoms with Crippen molar-refractivity contribution >= 4 is 83.0 Å². The molecule has 8 aromatic carbocycles. The van der Waals surface area contributed by atoms with Crippen LogP contribution in [0.15, 0.2) is 109 Å². The Balaban J connectivity index is 1.45. The van der Waals surface area contributed by atoms with Gasteiger partial charge in [-0.2, -0.15) is 0 Å². The molecule has 8 aromatic rings. The van der Waals surface area contributed by atoms with E-state index in [0.717, 1.165) is 21.4 Å². The van der Waals surface area contributed by atoms with Crippen LogP contribution in [-0.2, 0) is 4.57 Å². The van der Waals surface area contributed by atoms with Gasteiger partial charge in [-0.25, -0.2) is 0 Å². The molecule has 8 rings (SSSR count). The Labute approximate surface area is 196 Å². The third-order valence-corrected chi connectivity index (χ3v) is 9.40. The van der Waals surface area contributed by atoms with Crippen molar-refractivity contribution in [2.45, 2.75) is 0 Å². The van der Waals surface area contributed by atoms with Gasteiger partial charge in [0.25, 0.3) is 0 Å². The standard InChI is InChI=1S/C32H19OP/c33-34(27-17-13-23-9-7-19-3-1-5-21-11-15-25(27)31(23)29(19)21)28-18-14-24-10-8-20-4-2-6-22-12-16-26(28)32(24)30(20)22/h1-18,34H. The second kappa shape index (κ2) is 6.56. The summed E-state index contributed by atoms with van der Waals surface area (Å²) in [6, 6.07) is 38.7. The van der Waals surface area contributed by atoms with Crippen LogP contribution in [0.2, 0.25) is 0 Å². The van der Waals surface area contributed by atoms with Crippen LogP contribution in [0.4, 0.5) is 0 Å². The van der Waals surface area contributed by atoms with Crippen LogP contribution in [0.3, 0.4) is 0 Å². The zero-order valence-corrected chi connectivity index (χ0v) is 19.3. The molecule has 0 aliphatic rings. The number of hydrogen-bond donors (Lipinski definition) is 0. The molecule has 0 atom stereocenters. The van der Waals surface area contributed by atoms with Crippen molar-refractivity contribution in [2.24, 2.45) is 0 Å². The summed E-state index contributed by atoms with van der Waals surface area (Å²) < 4.78 is 14.3. The van der Waals surface area contributed by atoms with E-state index in [-0.39, 0.29) is 0 Å². The van der Waals surface area contributed by atoms with E-state index >= 15 is 0 Å². The zero-order valence-electron chi connectivity index (χ0n) is 18.3. The number of benzene rings is 8. The maximum atomic E-state index is 14.3. The molecule has 158 valence electrons. The second-order valence-corrected chi connectivity index (χ2v) is 11.0. The molecule has 0 spiro atoms. The van der Waals surface area contributed by atoms with E-state index in [4.69, 9.17) is 0 Å². The monoisotopic (exact) mass is 450 g/mol. The molecule has 0 amide bonds. The third-order valence-electron chi connectivity index (χ3n) is 7.55. The fourth-order valence-corrected chi connectivity index (χ4v) is 7.68. The average molecular weight is 450 g/mol. The summed E-state index contributed by atoms with van der Waals surface area (Å²) in [5, 5.41) is 16.4. The minimum absolute atomic E-state index is 0.950. The van der Waals surface area contributed by atoms with Crippen molar-refractivity contribution in [3.05, 3.63) is 109 Å². The molecular formula is C32H19OP. The Morgan fingerprint density at radius 3 is 1.09 bits per heavy atom. The smallest absolute Gasteiger partial charge is 0.133 e. The molecule has 0 aliphatic carbocycles. The highest BCUT2D eigenvalue weighted by molar-refractivity contribution is 7.62. The fourth-order valence-electron chi connectivity index (χ4n) is 6.01. The molecule has 2 heteroatoms. The van der Waals surface area contributed by atoms with Crippen molar-refractivity contribution in [1.29, 1.82) is 0 Å². The van der Waals surface area contributed by atoms with Crippen molar-refractivity contribution in [3.8, 4) is 0 Å². The third kappa shape index (κ3) is 2.32. The Morgan fingerprint density at radius 1 is 0.353 bits per heavy atom. The molecule has 1 nitrogen and oxygen atoms in total. The van der Waals surface area contributed by atoms with Gasteiger partial charge in [-0.1, -0.05) is 109 Å². The summed E-state index contributed by atoms with van der Waals surface area (Å²) in [6.07, 6.45) is 0. The van der Waals surface area contributed by atoms with E-state index in [2.05, 4.69) is 109 Å². The molecule has 0 bridgehead atoms. The van der Waals surface area contributed by atoms with Gasteiger partial charge in [0.2, 0.25) is 0 Å². The van der Waals surface area contributed by atoms with Gasteiger partial charge in [0.15, 0.2) is 0 Å². The first-order valence-electron chi connectivity index (χ1n) is 11.7. The lowest BCUT2D eigenvalue weighted by Crippen LogP contribution is -2.09. The molecule has 0 saturated heterocycles. The van der Waals surface area contributed by atoms with Crippen LogP contribution < -0.4 is 10.6 Å². The highest BCUT2D eigenvalue weighted by Gasteiger charge is 2.18. The Hall–Kier alpha value is -3.93. The fraction of sp³-hybridized carbons (Fsp3) is 0. The quantitative estimate of drug-likeness (QED) is 0.193. The van der Waals surface area contributed by atoms with Crippen molar-refractivity contribution in [2.75, 3.05) is 0 Å². The van der Waals surface area contributed by atoms with Crippen LogP contribution in [0.25, 0.3) is 64.6 Å². The minimum atomic E-state index is -2.24. The van der Waals surface area contributed by atoms with E-state index in [1.54, 1.807) is 0 Å². The highest BCUT2D eigenvalue weighted by Crippen LogP contribution is 2.39. The van der Waals surface area contributed by atoms with E-state index in [9.17, 15) is 4.57 Å². The predicted octanol–water partition coefficient (Wildman–Crippen LogP) is 7.99. The Bertz CT molecular complexity index is 1900. The van der Waals surface area contributed by atoms with Crippen LogP contribution in [0.1, 0.15) is 0 Å². The molecule has 0 aromatic heterocycles. The summed E-state index contributed by atoms with van der Waals surface area (Å²) in [7, 11) is -2.24. The van der Waals surface area contributed by atoms with Gasteiger partial charge in [-0.15, -0.1) is 0 Å². The lowest BCUT2D eigenvalue weighted by Gasteiger charge is -2.16. The first-order chi connectivity index (χ1) is 16.8. The van der Waals surface area contributed by atoms with E-state index in [1.165, 1.54) is 53.9 Å². The van der Waals surface area contributed by atoms with Crippen molar-refractivity contribution < 1.29 is 4.57 Å². The summed E-state index contributed by atoms with van der Waals surface area (Å²) in [4.78, 5) is 0. The van der Waals surface area contributed by atoms with E-state index in [1.807, 2.05) is 0 Å². The molecule has 0 radical (unpaired) electrons. The molecular weight excluding hydrogens is 431 g/mol. The van der Waals surface area contributed by atoms with Crippen LogP contribution in [0, 0.1) is 0 Å². The minimum Gasteiger partial charge on any atom is -0.317 e. The van der Waals surface area contributed by atoms with Gasteiger partial charge >= 0.3 is 0 Å². The highest BCUT2D eigenvalue weighted by atomic mass is 31.1. The molecule has 0 unspecified atom stereocenters. The molecule has 0 aliphatic heterocycles. The summed E-state index contributed by atoms with van der Waals surface area (Å²) in [5.41, 5.74) is 0. The SMILES string of the molecule is O=[PH](c1ccc2ccc3cccc4ccc1c2c34)c1ccc2ccc3cccc4ccc1c2c34. The normalized spacial score (nSPS) is 12.5. The lowest BCUT2D eigenvalue weighted by atomic mass is 9.94.